The molecule has 0 aromatic heterocycles. The van der Waals surface area contributed by atoms with Crippen molar-refractivity contribution in [3.05, 3.63) is 65.2 Å². The van der Waals surface area contributed by atoms with Crippen LogP contribution in [0.5, 0.6) is 0 Å². The molecule has 0 N–H and O–H groups in total. The standard InChI is InChI=1S/C19H23N/c1-16-10-11-19(20-12-6-3-7-13-20)15-18(16)14-17-8-4-2-5-9-17/h2,4-5,8-11,15H,3,6-7,12-14H2,1H3. The average Bonchev–Trinajstić information content (AvgIpc) is 2.51. The zero-order valence-corrected chi connectivity index (χ0v) is 12.3. The number of anilines is 1. The first-order chi connectivity index (χ1) is 9.83. The monoisotopic (exact) mass is 265 g/mol. The molecule has 2 aromatic rings. The Hall–Kier alpha value is -1.76. The molecule has 1 aliphatic rings. The molecule has 1 fully saturated rings. The molecule has 2 aromatic carbocycles. The van der Waals surface area contributed by atoms with E-state index < -0.39 is 0 Å². The number of hydrogen-bond donors (Lipinski definition) is 0. The highest BCUT2D eigenvalue weighted by atomic mass is 15.1. The Labute approximate surface area is 122 Å². The first-order valence-corrected chi connectivity index (χ1v) is 7.71. The fourth-order valence-electron chi connectivity index (χ4n) is 3.01. The van der Waals surface area contributed by atoms with Crippen LogP contribution in [0.25, 0.3) is 0 Å². The van der Waals surface area contributed by atoms with E-state index in [1.165, 1.54) is 54.7 Å². The molecule has 20 heavy (non-hydrogen) atoms. The number of benzene rings is 2. The lowest BCUT2D eigenvalue weighted by atomic mass is 9.99. The Morgan fingerprint density at radius 2 is 1.65 bits per heavy atom. The Bertz CT molecular complexity index is 553. The minimum atomic E-state index is 1.04. The van der Waals surface area contributed by atoms with Gasteiger partial charge in [-0.15, -0.1) is 0 Å². The molecule has 104 valence electrons. The zero-order valence-electron chi connectivity index (χ0n) is 12.3. The lowest BCUT2D eigenvalue weighted by molar-refractivity contribution is 0.577. The smallest absolute Gasteiger partial charge is 0.0369 e. The molecule has 0 aliphatic carbocycles. The minimum Gasteiger partial charge on any atom is -0.372 e. The van der Waals surface area contributed by atoms with Crippen molar-refractivity contribution in [1.82, 2.24) is 0 Å². The van der Waals surface area contributed by atoms with Gasteiger partial charge in [-0.25, -0.2) is 0 Å². The lowest BCUT2D eigenvalue weighted by Gasteiger charge is -2.29. The third-order valence-corrected chi connectivity index (χ3v) is 4.29. The second-order valence-corrected chi connectivity index (χ2v) is 5.82. The number of piperidine rings is 1. The highest BCUT2D eigenvalue weighted by Crippen LogP contribution is 2.24. The van der Waals surface area contributed by atoms with E-state index in [0.29, 0.717) is 0 Å². The van der Waals surface area contributed by atoms with Crippen LogP contribution in [0.3, 0.4) is 0 Å². The van der Waals surface area contributed by atoms with Crippen LogP contribution in [0.4, 0.5) is 5.69 Å². The first kappa shape index (κ1) is 13.2. The van der Waals surface area contributed by atoms with Crippen molar-refractivity contribution in [2.24, 2.45) is 0 Å². The molecule has 1 heterocycles. The molecular formula is C19H23N. The van der Waals surface area contributed by atoms with E-state index in [-0.39, 0.29) is 0 Å². The molecule has 0 unspecified atom stereocenters. The summed E-state index contributed by atoms with van der Waals surface area (Å²) < 4.78 is 0. The largest absolute Gasteiger partial charge is 0.372 e. The van der Waals surface area contributed by atoms with Gasteiger partial charge in [0.25, 0.3) is 0 Å². The normalized spacial score (nSPS) is 15.3. The summed E-state index contributed by atoms with van der Waals surface area (Å²) in [6.07, 6.45) is 5.09. The molecule has 0 spiro atoms. The fraction of sp³-hybridized carbons (Fsp3) is 0.368. The summed E-state index contributed by atoms with van der Waals surface area (Å²) in [5, 5.41) is 0. The molecule has 0 atom stereocenters. The van der Waals surface area contributed by atoms with E-state index in [1.54, 1.807) is 0 Å². The van der Waals surface area contributed by atoms with Crippen molar-refractivity contribution in [3.8, 4) is 0 Å². The first-order valence-electron chi connectivity index (χ1n) is 7.71. The summed E-state index contributed by atoms with van der Waals surface area (Å²) >= 11 is 0. The fourth-order valence-corrected chi connectivity index (χ4v) is 3.01. The number of nitrogens with zero attached hydrogens (tertiary/aromatic N) is 1. The van der Waals surface area contributed by atoms with Crippen LogP contribution in [-0.2, 0) is 6.42 Å². The highest BCUT2D eigenvalue weighted by Gasteiger charge is 2.12. The average molecular weight is 265 g/mol. The van der Waals surface area contributed by atoms with Crippen molar-refractivity contribution in [2.75, 3.05) is 18.0 Å². The van der Waals surface area contributed by atoms with Crippen molar-refractivity contribution in [3.63, 3.8) is 0 Å². The van der Waals surface area contributed by atoms with Gasteiger partial charge in [0.15, 0.2) is 0 Å². The molecule has 0 saturated carbocycles. The molecular weight excluding hydrogens is 242 g/mol. The second kappa shape index (κ2) is 6.13. The molecule has 1 nitrogen and oxygen atoms in total. The number of rotatable bonds is 3. The van der Waals surface area contributed by atoms with E-state index in [1.807, 2.05) is 0 Å². The van der Waals surface area contributed by atoms with E-state index in [2.05, 4.69) is 60.4 Å². The van der Waals surface area contributed by atoms with Gasteiger partial charge in [0.1, 0.15) is 0 Å². The van der Waals surface area contributed by atoms with Crippen LogP contribution < -0.4 is 4.90 Å². The lowest BCUT2D eigenvalue weighted by Crippen LogP contribution is -2.29. The molecule has 0 radical (unpaired) electrons. The molecule has 0 bridgehead atoms. The predicted molar refractivity (Wildman–Crippen MR) is 86.5 cm³/mol. The number of hydrogen-bond acceptors (Lipinski definition) is 1. The maximum Gasteiger partial charge on any atom is 0.0369 e. The van der Waals surface area contributed by atoms with Crippen molar-refractivity contribution in [1.29, 1.82) is 0 Å². The molecule has 1 heteroatoms. The molecule has 3 rings (SSSR count). The topological polar surface area (TPSA) is 3.24 Å². The van der Waals surface area contributed by atoms with Crippen LogP contribution in [0.15, 0.2) is 48.5 Å². The van der Waals surface area contributed by atoms with Gasteiger partial charge in [0.2, 0.25) is 0 Å². The van der Waals surface area contributed by atoms with Gasteiger partial charge >= 0.3 is 0 Å². The van der Waals surface area contributed by atoms with E-state index in [4.69, 9.17) is 0 Å². The SMILES string of the molecule is Cc1ccc(N2CCCCC2)cc1Cc1ccccc1. The summed E-state index contributed by atoms with van der Waals surface area (Å²) in [6, 6.07) is 17.7. The molecule has 0 amide bonds. The Morgan fingerprint density at radius 1 is 0.900 bits per heavy atom. The maximum absolute atomic E-state index is 2.54. The molecule has 1 aliphatic heterocycles. The Kier molecular flexibility index (Phi) is 4.05. The third kappa shape index (κ3) is 3.04. The van der Waals surface area contributed by atoms with Crippen molar-refractivity contribution < 1.29 is 0 Å². The van der Waals surface area contributed by atoms with E-state index >= 15 is 0 Å². The van der Waals surface area contributed by atoms with Crippen LogP contribution in [-0.4, -0.2) is 13.1 Å². The third-order valence-electron chi connectivity index (χ3n) is 4.29. The summed E-state index contributed by atoms with van der Waals surface area (Å²) in [6.45, 7) is 4.65. The molecule has 1 saturated heterocycles. The van der Waals surface area contributed by atoms with Gasteiger partial charge in [-0.1, -0.05) is 36.4 Å². The van der Waals surface area contributed by atoms with E-state index in [9.17, 15) is 0 Å². The summed E-state index contributed by atoms with van der Waals surface area (Å²) in [7, 11) is 0. The second-order valence-electron chi connectivity index (χ2n) is 5.82. The summed E-state index contributed by atoms with van der Waals surface area (Å²) in [5.41, 5.74) is 5.65. The van der Waals surface area contributed by atoms with Gasteiger partial charge in [-0.3, -0.25) is 0 Å². The number of aryl methyl sites for hydroxylation is 1. The zero-order chi connectivity index (χ0) is 13.8. The quantitative estimate of drug-likeness (QED) is 0.785. The summed E-state index contributed by atoms with van der Waals surface area (Å²) in [5.74, 6) is 0. The van der Waals surface area contributed by atoms with Gasteiger partial charge in [-0.2, -0.15) is 0 Å². The van der Waals surface area contributed by atoms with Gasteiger partial charge < -0.3 is 4.90 Å². The van der Waals surface area contributed by atoms with Crippen LogP contribution >= 0.6 is 0 Å². The minimum absolute atomic E-state index is 1.04. The van der Waals surface area contributed by atoms with Crippen molar-refractivity contribution in [2.45, 2.75) is 32.6 Å². The van der Waals surface area contributed by atoms with Crippen molar-refractivity contribution >= 4 is 5.69 Å². The van der Waals surface area contributed by atoms with Crippen LogP contribution in [0.2, 0.25) is 0 Å². The predicted octanol–water partition coefficient (Wildman–Crippen LogP) is 4.58. The van der Waals surface area contributed by atoms with Gasteiger partial charge in [0, 0.05) is 18.8 Å². The Balaban J connectivity index is 1.83. The van der Waals surface area contributed by atoms with Gasteiger partial charge in [0.05, 0.1) is 0 Å². The maximum atomic E-state index is 2.54. The Morgan fingerprint density at radius 3 is 2.40 bits per heavy atom. The van der Waals surface area contributed by atoms with Crippen LogP contribution in [0.1, 0.15) is 36.0 Å². The van der Waals surface area contributed by atoms with Crippen LogP contribution in [0, 0.1) is 6.92 Å². The van der Waals surface area contributed by atoms with E-state index in [0.717, 1.165) is 6.42 Å². The summed E-state index contributed by atoms with van der Waals surface area (Å²) in [4.78, 5) is 2.54. The van der Waals surface area contributed by atoms with Gasteiger partial charge in [-0.05, 0) is 61.4 Å². The highest BCUT2D eigenvalue weighted by molar-refractivity contribution is 5.52.